The molecular weight excluding hydrogens is 403 g/mol. The molecule has 2 rings (SSSR count). The van der Waals surface area contributed by atoms with E-state index in [0.29, 0.717) is 4.68 Å². The molecule has 0 aliphatic rings. The Kier molecular flexibility index (Phi) is 6.12. The number of aryl methyl sites for hydroxylation is 1. The fourth-order valence-corrected chi connectivity index (χ4v) is 2.45. The van der Waals surface area contributed by atoms with Gasteiger partial charge < -0.3 is 9.47 Å². The predicted octanol–water partition coefficient (Wildman–Crippen LogP) is 3.64. The molecule has 0 amide bonds. The van der Waals surface area contributed by atoms with E-state index in [4.69, 9.17) is 21.1 Å². The van der Waals surface area contributed by atoms with Crippen LogP contribution in [0.15, 0.2) is 16.9 Å². The fraction of sp³-hybridized carbons (Fsp3) is 0.471. The van der Waals surface area contributed by atoms with Gasteiger partial charge in [-0.1, -0.05) is 11.6 Å². The van der Waals surface area contributed by atoms with Gasteiger partial charge in [-0.2, -0.15) is 13.5 Å². The Balaban J connectivity index is 2.42. The molecule has 1 heterocycles. The number of alkyl halides is 2. The van der Waals surface area contributed by atoms with Gasteiger partial charge in [0.15, 0.2) is 11.9 Å². The van der Waals surface area contributed by atoms with Crippen molar-refractivity contribution in [1.29, 1.82) is 0 Å². The molecule has 28 heavy (non-hydrogen) atoms. The molecule has 0 aliphatic heterocycles. The SMILES string of the molecule is Cc1nn(-c2cc(OC(C)C(=O)OC(C)(C)C)c(Cl)cc2F)c(=O)n1C(F)F. The van der Waals surface area contributed by atoms with E-state index in [2.05, 4.69) is 5.10 Å². The number of carbonyl (C=O) groups is 1. The number of hydrogen-bond acceptors (Lipinski definition) is 5. The maximum atomic E-state index is 14.3. The Hall–Kier alpha value is -2.49. The maximum absolute atomic E-state index is 14.3. The van der Waals surface area contributed by atoms with Crippen LogP contribution in [0.2, 0.25) is 5.02 Å². The Labute approximate surface area is 163 Å². The van der Waals surface area contributed by atoms with Crippen molar-refractivity contribution < 1.29 is 27.4 Å². The Bertz CT molecular complexity index is 950. The largest absolute Gasteiger partial charge is 0.477 e. The molecule has 0 radical (unpaired) electrons. The summed E-state index contributed by atoms with van der Waals surface area (Å²) in [6.45, 7) is 4.47. The van der Waals surface area contributed by atoms with Gasteiger partial charge in [-0.05, 0) is 40.7 Å². The summed E-state index contributed by atoms with van der Waals surface area (Å²) in [6.07, 6.45) is -1.10. The molecule has 0 N–H and O–H groups in total. The average Bonchev–Trinajstić information content (AvgIpc) is 2.82. The average molecular weight is 422 g/mol. The zero-order valence-electron chi connectivity index (χ0n) is 15.8. The van der Waals surface area contributed by atoms with Gasteiger partial charge in [-0.3, -0.25) is 0 Å². The molecule has 2 aromatic rings. The smallest absolute Gasteiger partial charge is 0.355 e. The van der Waals surface area contributed by atoms with Crippen molar-refractivity contribution in [3.05, 3.63) is 39.3 Å². The van der Waals surface area contributed by atoms with Crippen molar-refractivity contribution in [2.24, 2.45) is 0 Å². The minimum Gasteiger partial charge on any atom is -0.477 e. The fourth-order valence-electron chi connectivity index (χ4n) is 2.25. The van der Waals surface area contributed by atoms with Crippen LogP contribution in [0.4, 0.5) is 13.2 Å². The highest BCUT2D eigenvalue weighted by Crippen LogP contribution is 2.30. The summed E-state index contributed by atoms with van der Waals surface area (Å²) in [6, 6.07) is 1.83. The second-order valence-electron chi connectivity index (χ2n) is 6.92. The first-order valence-corrected chi connectivity index (χ1v) is 8.55. The number of benzene rings is 1. The molecule has 1 aromatic heterocycles. The maximum Gasteiger partial charge on any atom is 0.355 e. The zero-order valence-corrected chi connectivity index (χ0v) is 16.6. The molecule has 0 spiro atoms. The molecule has 1 atom stereocenters. The summed E-state index contributed by atoms with van der Waals surface area (Å²) >= 11 is 5.95. The van der Waals surface area contributed by atoms with Crippen LogP contribution in [0.3, 0.4) is 0 Å². The van der Waals surface area contributed by atoms with Gasteiger partial charge in [0, 0.05) is 6.07 Å². The van der Waals surface area contributed by atoms with E-state index < -0.39 is 41.4 Å². The number of esters is 1. The topological polar surface area (TPSA) is 75.4 Å². The molecule has 1 aromatic carbocycles. The number of aromatic nitrogens is 3. The lowest BCUT2D eigenvalue weighted by molar-refractivity contribution is -0.162. The lowest BCUT2D eigenvalue weighted by Crippen LogP contribution is -2.33. The molecule has 0 aliphatic carbocycles. The van der Waals surface area contributed by atoms with Crippen LogP contribution < -0.4 is 10.4 Å². The summed E-state index contributed by atoms with van der Waals surface area (Å²) in [5.74, 6) is -2.13. The number of hydrogen-bond donors (Lipinski definition) is 0. The third-order valence-corrected chi connectivity index (χ3v) is 3.74. The number of ether oxygens (including phenoxy) is 2. The number of halogens is 4. The molecule has 0 saturated carbocycles. The van der Waals surface area contributed by atoms with Crippen LogP contribution in [0.5, 0.6) is 5.75 Å². The van der Waals surface area contributed by atoms with Crippen molar-refractivity contribution in [1.82, 2.24) is 14.3 Å². The number of carbonyl (C=O) groups excluding carboxylic acids is 1. The monoisotopic (exact) mass is 421 g/mol. The zero-order chi connectivity index (χ0) is 21.4. The molecule has 11 heteroatoms. The normalized spacial score (nSPS) is 12.9. The standard InChI is InChI=1S/C17H19ClF3N3O4/c1-8(14(25)28-17(3,4)5)27-13-7-12(11(19)6-10(13)18)24-16(26)23(15(20)21)9(2)22-24/h6-8,15H,1-5H3. The van der Waals surface area contributed by atoms with Crippen LogP contribution in [0.25, 0.3) is 5.69 Å². The Morgan fingerprint density at radius 1 is 1.29 bits per heavy atom. The van der Waals surface area contributed by atoms with Gasteiger partial charge in [-0.25, -0.2) is 18.5 Å². The minimum atomic E-state index is -3.14. The first-order valence-electron chi connectivity index (χ1n) is 8.17. The summed E-state index contributed by atoms with van der Waals surface area (Å²) in [5, 5.41) is 3.47. The van der Waals surface area contributed by atoms with Crippen molar-refractivity contribution in [3.63, 3.8) is 0 Å². The van der Waals surface area contributed by atoms with E-state index in [1.165, 1.54) is 13.8 Å². The van der Waals surface area contributed by atoms with E-state index in [1.54, 1.807) is 20.8 Å². The summed E-state index contributed by atoms with van der Waals surface area (Å²) < 4.78 is 51.5. The highest BCUT2D eigenvalue weighted by molar-refractivity contribution is 6.32. The summed E-state index contributed by atoms with van der Waals surface area (Å²) in [4.78, 5) is 24.2. The van der Waals surface area contributed by atoms with Gasteiger partial charge >= 0.3 is 18.2 Å². The molecule has 7 nitrogen and oxygen atoms in total. The molecule has 0 saturated heterocycles. The summed E-state index contributed by atoms with van der Waals surface area (Å²) in [7, 11) is 0. The molecule has 154 valence electrons. The first kappa shape index (κ1) is 21.8. The number of nitrogens with zero attached hydrogens (tertiary/aromatic N) is 3. The molecule has 0 fully saturated rings. The van der Waals surface area contributed by atoms with Gasteiger partial charge in [0.05, 0.1) is 5.02 Å². The lowest BCUT2D eigenvalue weighted by Gasteiger charge is -2.23. The van der Waals surface area contributed by atoms with Crippen molar-refractivity contribution in [3.8, 4) is 11.4 Å². The van der Waals surface area contributed by atoms with Crippen LogP contribution in [0, 0.1) is 12.7 Å². The van der Waals surface area contributed by atoms with Gasteiger partial charge in [-0.15, -0.1) is 5.10 Å². The van der Waals surface area contributed by atoms with E-state index in [-0.39, 0.29) is 21.2 Å². The Morgan fingerprint density at radius 3 is 2.39 bits per heavy atom. The van der Waals surface area contributed by atoms with E-state index in [1.807, 2.05) is 0 Å². The number of rotatable bonds is 5. The second-order valence-corrected chi connectivity index (χ2v) is 7.32. The first-order chi connectivity index (χ1) is 12.8. The van der Waals surface area contributed by atoms with E-state index in [9.17, 15) is 22.8 Å². The highest BCUT2D eigenvalue weighted by atomic mass is 35.5. The second kappa shape index (κ2) is 7.86. The van der Waals surface area contributed by atoms with Crippen molar-refractivity contribution >= 4 is 17.6 Å². The quantitative estimate of drug-likeness (QED) is 0.689. The van der Waals surface area contributed by atoms with Gasteiger partial charge in [0.2, 0.25) is 0 Å². The molecule has 1 unspecified atom stereocenters. The van der Waals surface area contributed by atoms with Crippen LogP contribution >= 0.6 is 11.6 Å². The lowest BCUT2D eigenvalue weighted by atomic mass is 10.2. The van der Waals surface area contributed by atoms with Crippen LogP contribution in [-0.2, 0) is 9.53 Å². The molecule has 0 bridgehead atoms. The molecular formula is C17H19ClF3N3O4. The van der Waals surface area contributed by atoms with Crippen molar-refractivity contribution in [2.45, 2.75) is 52.9 Å². The van der Waals surface area contributed by atoms with E-state index >= 15 is 0 Å². The van der Waals surface area contributed by atoms with Gasteiger partial charge in [0.1, 0.15) is 22.9 Å². The minimum absolute atomic E-state index is 0.109. The van der Waals surface area contributed by atoms with E-state index in [0.717, 1.165) is 12.1 Å². The third kappa shape index (κ3) is 4.67. The van der Waals surface area contributed by atoms with Crippen LogP contribution in [0.1, 0.15) is 40.1 Å². The van der Waals surface area contributed by atoms with Gasteiger partial charge in [0.25, 0.3) is 0 Å². The van der Waals surface area contributed by atoms with Crippen molar-refractivity contribution in [2.75, 3.05) is 0 Å². The van der Waals surface area contributed by atoms with Crippen LogP contribution in [-0.4, -0.2) is 32.0 Å². The third-order valence-electron chi connectivity index (χ3n) is 3.45. The highest BCUT2D eigenvalue weighted by Gasteiger charge is 2.25. The Morgan fingerprint density at radius 2 is 1.89 bits per heavy atom. The summed E-state index contributed by atoms with van der Waals surface area (Å²) in [5.41, 5.74) is -2.44. The predicted molar refractivity (Wildman–Crippen MR) is 94.7 cm³/mol.